The highest BCUT2D eigenvalue weighted by molar-refractivity contribution is 7.14. The normalized spacial score (nSPS) is 14.9. The summed E-state index contributed by atoms with van der Waals surface area (Å²) in [7, 11) is 0. The molecule has 1 aromatic heterocycles. The lowest BCUT2D eigenvalue weighted by molar-refractivity contribution is -0.115. The molecule has 0 aliphatic heterocycles. The molecule has 1 N–H and O–H groups in total. The van der Waals surface area contributed by atoms with E-state index in [0.29, 0.717) is 29.8 Å². The van der Waals surface area contributed by atoms with Crippen LogP contribution in [0.4, 0.5) is 5.00 Å². The summed E-state index contributed by atoms with van der Waals surface area (Å²) in [5.74, 6) is -0.523. The van der Waals surface area contributed by atoms with Crippen molar-refractivity contribution in [2.75, 3.05) is 6.61 Å². The molecule has 5 nitrogen and oxygen atoms in total. The number of hydrogen-bond donors (Lipinski definition) is 1. The molecule has 0 saturated carbocycles. The van der Waals surface area contributed by atoms with Crippen LogP contribution in [0.5, 0.6) is 0 Å². The number of rotatable bonds is 5. The number of esters is 1. The van der Waals surface area contributed by atoms with E-state index in [1.807, 2.05) is 35.7 Å². The van der Waals surface area contributed by atoms with Gasteiger partial charge in [0.15, 0.2) is 5.78 Å². The topological polar surface area (TPSA) is 76.0 Å². The number of aliphatic hydroxyl groups excluding tert-OH is 1. The van der Waals surface area contributed by atoms with Gasteiger partial charge in [-0.1, -0.05) is 30.3 Å². The fourth-order valence-electron chi connectivity index (χ4n) is 2.79. The Kier molecular flexibility index (Phi) is 5.63. The van der Waals surface area contributed by atoms with E-state index in [1.54, 1.807) is 6.92 Å². The molecule has 134 valence electrons. The molecule has 2 aromatic rings. The van der Waals surface area contributed by atoms with Crippen molar-refractivity contribution in [3.63, 3.8) is 0 Å². The molecule has 26 heavy (non-hydrogen) atoms. The summed E-state index contributed by atoms with van der Waals surface area (Å²) < 4.78 is 5.19. The van der Waals surface area contributed by atoms with Crippen LogP contribution in [0.15, 0.2) is 52.0 Å². The Morgan fingerprint density at radius 2 is 2.08 bits per heavy atom. The van der Waals surface area contributed by atoms with E-state index < -0.39 is 5.97 Å². The molecule has 0 unspecified atom stereocenters. The third kappa shape index (κ3) is 3.75. The summed E-state index contributed by atoms with van der Waals surface area (Å²) in [6.45, 7) is 2.01. The number of aliphatic imine (C=N–C) groups is 1. The summed E-state index contributed by atoms with van der Waals surface area (Å²) >= 11 is 1.30. The second-order valence-corrected chi connectivity index (χ2v) is 6.67. The summed E-state index contributed by atoms with van der Waals surface area (Å²) in [4.78, 5) is 28.8. The SMILES string of the molecule is CCOC(=O)c1c(-c2ccccc2)csc1N=CC1=C(O)CCCC1=O. The molecule has 0 bridgehead atoms. The lowest BCUT2D eigenvalue weighted by Crippen LogP contribution is -2.12. The highest BCUT2D eigenvalue weighted by Gasteiger charge is 2.22. The van der Waals surface area contributed by atoms with E-state index in [2.05, 4.69) is 4.99 Å². The Balaban J connectivity index is 2.02. The predicted octanol–water partition coefficient (Wildman–Crippen LogP) is 4.86. The van der Waals surface area contributed by atoms with Crippen LogP contribution in [0.25, 0.3) is 11.1 Å². The minimum atomic E-state index is -0.451. The Hall–Kier alpha value is -2.73. The van der Waals surface area contributed by atoms with Crippen LogP contribution in [0.1, 0.15) is 36.5 Å². The van der Waals surface area contributed by atoms with Gasteiger partial charge in [0.1, 0.15) is 16.3 Å². The quantitative estimate of drug-likeness (QED) is 0.603. The van der Waals surface area contributed by atoms with Crippen molar-refractivity contribution in [2.45, 2.75) is 26.2 Å². The van der Waals surface area contributed by atoms with Crippen LogP contribution < -0.4 is 0 Å². The van der Waals surface area contributed by atoms with Crippen LogP contribution in [0, 0.1) is 0 Å². The van der Waals surface area contributed by atoms with Crippen LogP contribution in [-0.4, -0.2) is 29.7 Å². The van der Waals surface area contributed by atoms with Crippen molar-refractivity contribution in [3.8, 4) is 11.1 Å². The molecule has 0 spiro atoms. The first kappa shape index (κ1) is 18.1. The fourth-order valence-corrected chi connectivity index (χ4v) is 3.70. The summed E-state index contributed by atoms with van der Waals surface area (Å²) in [5, 5.41) is 12.3. The Bertz CT molecular complexity index is 880. The van der Waals surface area contributed by atoms with Gasteiger partial charge in [-0.05, 0) is 18.9 Å². The molecule has 1 heterocycles. The molecule has 1 aliphatic rings. The number of thiophene rings is 1. The van der Waals surface area contributed by atoms with E-state index >= 15 is 0 Å². The maximum absolute atomic E-state index is 12.5. The van der Waals surface area contributed by atoms with Gasteiger partial charge >= 0.3 is 5.97 Å². The highest BCUT2D eigenvalue weighted by Crippen LogP contribution is 2.38. The third-order valence-electron chi connectivity index (χ3n) is 4.08. The van der Waals surface area contributed by atoms with Gasteiger partial charge in [-0.25, -0.2) is 9.79 Å². The maximum Gasteiger partial charge on any atom is 0.341 e. The molecule has 3 rings (SSSR count). The van der Waals surface area contributed by atoms with Gasteiger partial charge in [0.05, 0.1) is 12.2 Å². The van der Waals surface area contributed by atoms with Crippen molar-refractivity contribution in [3.05, 3.63) is 52.6 Å². The first-order valence-corrected chi connectivity index (χ1v) is 9.33. The average molecular weight is 369 g/mol. The number of carbonyl (C=O) groups is 2. The van der Waals surface area contributed by atoms with Gasteiger partial charge in [-0.2, -0.15) is 0 Å². The van der Waals surface area contributed by atoms with Crippen LogP contribution in [0.3, 0.4) is 0 Å². The average Bonchev–Trinajstić information content (AvgIpc) is 3.06. The summed E-state index contributed by atoms with van der Waals surface area (Å²) in [5.41, 5.74) is 2.24. The van der Waals surface area contributed by atoms with Crippen molar-refractivity contribution >= 4 is 34.3 Å². The van der Waals surface area contributed by atoms with E-state index in [9.17, 15) is 14.7 Å². The van der Waals surface area contributed by atoms with Crippen molar-refractivity contribution in [1.29, 1.82) is 0 Å². The number of aliphatic hydroxyl groups is 1. The molecule has 0 fully saturated rings. The molecule has 1 aliphatic carbocycles. The number of nitrogens with zero attached hydrogens (tertiary/aromatic N) is 1. The number of ether oxygens (including phenoxy) is 1. The molecule has 6 heteroatoms. The fraction of sp³-hybridized carbons (Fsp3) is 0.250. The number of Topliss-reactive ketones (excluding diaryl/α,β-unsaturated/α-hetero) is 1. The van der Waals surface area contributed by atoms with Gasteiger partial charge in [0, 0.05) is 30.0 Å². The number of benzene rings is 1. The van der Waals surface area contributed by atoms with Crippen molar-refractivity contribution < 1.29 is 19.4 Å². The third-order valence-corrected chi connectivity index (χ3v) is 4.96. The second-order valence-electron chi connectivity index (χ2n) is 5.81. The van der Waals surface area contributed by atoms with Crippen LogP contribution in [-0.2, 0) is 9.53 Å². The Labute approximate surface area is 155 Å². The largest absolute Gasteiger partial charge is 0.512 e. The lowest BCUT2D eigenvalue weighted by atomic mass is 9.97. The summed E-state index contributed by atoms with van der Waals surface area (Å²) in [6, 6.07) is 9.53. The number of hydrogen-bond acceptors (Lipinski definition) is 6. The lowest BCUT2D eigenvalue weighted by Gasteiger charge is -2.11. The van der Waals surface area contributed by atoms with Gasteiger partial charge in [0.25, 0.3) is 0 Å². The van der Waals surface area contributed by atoms with E-state index in [0.717, 1.165) is 11.1 Å². The summed E-state index contributed by atoms with van der Waals surface area (Å²) in [6.07, 6.45) is 2.88. The number of carbonyl (C=O) groups excluding carboxylic acids is 2. The Morgan fingerprint density at radius 1 is 1.31 bits per heavy atom. The zero-order valence-corrected chi connectivity index (χ0v) is 15.2. The molecule has 0 amide bonds. The highest BCUT2D eigenvalue weighted by atomic mass is 32.1. The van der Waals surface area contributed by atoms with E-state index in [4.69, 9.17) is 4.74 Å². The molecule has 0 saturated heterocycles. The molecular formula is C20H19NO4S. The van der Waals surface area contributed by atoms with Crippen molar-refractivity contribution in [2.24, 2.45) is 4.99 Å². The smallest absolute Gasteiger partial charge is 0.341 e. The van der Waals surface area contributed by atoms with Gasteiger partial charge in [0.2, 0.25) is 0 Å². The van der Waals surface area contributed by atoms with Gasteiger partial charge in [-0.3, -0.25) is 4.79 Å². The number of allylic oxidation sites excluding steroid dienone is 2. The minimum Gasteiger partial charge on any atom is -0.512 e. The first-order chi connectivity index (χ1) is 12.6. The predicted molar refractivity (Wildman–Crippen MR) is 102 cm³/mol. The minimum absolute atomic E-state index is 0.0579. The van der Waals surface area contributed by atoms with E-state index in [1.165, 1.54) is 17.6 Å². The molecular weight excluding hydrogens is 350 g/mol. The van der Waals surface area contributed by atoms with Gasteiger partial charge < -0.3 is 9.84 Å². The Morgan fingerprint density at radius 3 is 2.77 bits per heavy atom. The second kappa shape index (κ2) is 8.10. The van der Waals surface area contributed by atoms with E-state index in [-0.39, 0.29) is 23.7 Å². The zero-order chi connectivity index (χ0) is 18.5. The zero-order valence-electron chi connectivity index (χ0n) is 14.4. The van der Waals surface area contributed by atoms with Crippen molar-refractivity contribution in [1.82, 2.24) is 0 Å². The van der Waals surface area contributed by atoms with Crippen LogP contribution in [0.2, 0.25) is 0 Å². The molecule has 0 radical (unpaired) electrons. The maximum atomic E-state index is 12.5. The van der Waals surface area contributed by atoms with Gasteiger partial charge in [-0.15, -0.1) is 11.3 Å². The number of ketones is 1. The first-order valence-electron chi connectivity index (χ1n) is 8.45. The molecule has 1 aromatic carbocycles. The standard InChI is InChI=1S/C20H19NO4S/c1-2-25-20(24)18-15(13-7-4-3-5-8-13)12-26-19(18)21-11-14-16(22)9-6-10-17(14)23/h3-5,7-8,11-12,22H,2,6,9-10H2,1H3. The van der Waals surface area contributed by atoms with Crippen LogP contribution >= 0.6 is 11.3 Å². The monoisotopic (exact) mass is 369 g/mol. The molecule has 0 atom stereocenters.